The van der Waals surface area contributed by atoms with Gasteiger partial charge in [0.2, 0.25) is 5.91 Å². The maximum Gasteiger partial charge on any atom is 0.313 e. The van der Waals surface area contributed by atoms with Crippen LogP contribution in [0.25, 0.3) is 0 Å². The molecule has 1 saturated heterocycles. The second-order valence-corrected chi connectivity index (χ2v) is 6.96. The molecule has 0 aromatic heterocycles. The van der Waals surface area contributed by atoms with Gasteiger partial charge in [-0.15, -0.1) is 11.8 Å². The minimum Gasteiger partial charge on any atom is -0.481 e. The summed E-state index contributed by atoms with van der Waals surface area (Å²) in [4.78, 5) is 24.9. The Balaban J connectivity index is 1.67. The summed E-state index contributed by atoms with van der Waals surface area (Å²) in [6.45, 7) is 1.99. The van der Waals surface area contributed by atoms with Crippen LogP contribution in [-0.4, -0.2) is 41.5 Å². The van der Waals surface area contributed by atoms with Gasteiger partial charge in [-0.05, 0) is 25.0 Å². The molecule has 2 aliphatic heterocycles. The molecule has 1 aromatic carbocycles. The van der Waals surface area contributed by atoms with Crippen LogP contribution < -0.4 is 5.32 Å². The second-order valence-electron chi connectivity index (χ2n) is 5.72. The first-order valence-electron chi connectivity index (χ1n) is 6.87. The Morgan fingerprint density at radius 3 is 2.90 bits per heavy atom. The number of hydrogen-bond donors (Lipinski definition) is 2. The van der Waals surface area contributed by atoms with Crippen LogP contribution in [0.15, 0.2) is 29.2 Å². The van der Waals surface area contributed by atoms with E-state index in [-0.39, 0.29) is 24.4 Å². The molecule has 112 valence electrons. The second kappa shape index (κ2) is 5.35. The van der Waals surface area contributed by atoms with E-state index in [0.29, 0.717) is 6.42 Å². The minimum atomic E-state index is -1.05. The molecule has 3 rings (SSSR count). The van der Waals surface area contributed by atoms with Gasteiger partial charge in [-0.25, -0.2) is 0 Å². The fourth-order valence-corrected chi connectivity index (χ4v) is 3.88. The van der Waals surface area contributed by atoms with E-state index in [2.05, 4.69) is 5.32 Å². The largest absolute Gasteiger partial charge is 0.481 e. The lowest BCUT2D eigenvalue weighted by Crippen LogP contribution is -2.51. The van der Waals surface area contributed by atoms with Gasteiger partial charge >= 0.3 is 5.97 Å². The number of nitrogens with one attached hydrogen (secondary N) is 1. The number of amides is 1. The average Bonchev–Trinajstić information content (AvgIpc) is 3.04. The SMILES string of the molecule is CC1(C(=O)O)COCC1NC(=O)C1Cc2ccccc2S1. The van der Waals surface area contributed by atoms with Crippen LogP contribution in [0.2, 0.25) is 0 Å². The predicted octanol–water partition coefficient (Wildman–Crippen LogP) is 1.31. The molecule has 3 unspecified atom stereocenters. The van der Waals surface area contributed by atoms with Crippen LogP contribution in [0.5, 0.6) is 0 Å². The minimum absolute atomic E-state index is 0.112. The highest BCUT2D eigenvalue weighted by Crippen LogP contribution is 2.37. The number of rotatable bonds is 3. The molecule has 0 saturated carbocycles. The summed E-state index contributed by atoms with van der Waals surface area (Å²) in [5.41, 5.74) is 0.123. The number of carbonyl (C=O) groups is 2. The van der Waals surface area contributed by atoms with Gasteiger partial charge in [0, 0.05) is 4.90 Å². The zero-order valence-electron chi connectivity index (χ0n) is 11.7. The fourth-order valence-electron chi connectivity index (χ4n) is 2.68. The Morgan fingerprint density at radius 1 is 1.43 bits per heavy atom. The number of ether oxygens (including phenoxy) is 1. The van der Waals surface area contributed by atoms with E-state index >= 15 is 0 Å². The number of carbonyl (C=O) groups excluding carboxylic acids is 1. The molecule has 21 heavy (non-hydrogen) atoms. The molecule has 1 amide bonds. The maximum atomic E-state index is 12.4. The van der Waals surface area contributed by atoms with E-state index in [1.165, 1.54) is 17.3 Å². The first-order chi connectivity index (χ1) is 10.0. The van der Waals surface area contributed by atoms with Gasteiger partial charge in [-0.2, -0.15) is 0 Å². The fraction of sp³-hybridized carbons (Fsp3) is 0.467. The van der Waals surface area contributed by atoms with E-state index in [1.54, 1.807) is 6.92 Å². The van der Waals surface area contributed by atoms with Gasteiger partial charge in [0.15, 0.2) is 0 Å². The predicted molar refractivity (Wildman–Crippen MR) is 78.3 cm³/mol. The van der Waals surface area contributed by atoms with Crippen LogP contribution >= 0.6 is 11.8 Å². The first-order valence-corrected chi connectivity index (χ1v) is 7.75. The molecular weight excluding hydrogens is 290 g/mol. The maximum absolute atomic E-state index is 12.4. The van der Waals surface area contributed by atoms with Crippen LogP contribution in [0, 0.1) is 5.41 Å². The first kappa shape index (κ1) is 14.4. The molecule has 1 aromatic rings. The lowest BCUT2D eigenvalue weighted by molar-refractivity contribution is -0.149. The van der Waals surface area contributed by atoms with E-state index in [4.69, 9.17) is 4.74 Å². The van der Waals surface area contributed by atoms with Crippen molar-refractivity contribution < 1.29 is 19.4 Å². The highest BCUT2D eigenvalue weighted by atomic mass is 32.2. The summed E-state index contributed by atoms with van der Waals surface area (Å²) in [5, 5.41) is 12.0. The Kier molecular flexibility index (Phi) is 3.67. The van der Waals surface area contributed by atoms with Gasteiger partial charge < -0.3 is 15.2 Å². The normalized spacial score (nSPS) is 30.9. The topological polar surface area (TPSA) is 75.6 Å². The third-order valence-electron chi connectivity index (χ3n) is 4.20. The Morgan fingerprint density at radius 2 is 2.19 bits per heavy atom. The van der Waals surface area contributed by atoms with Crippen molar-refractivity contribution in [3.63, 3.8) is 0 Å². The molecule has 1 fully saturated rings. The van der Waals surface area contributed by atoms with Gasteiger partial charge in [-0.3, -0.25) is 9.59 Å². The third kappa shape index (κ3) is 2.53. The van der Waals surface area contributed by atoms with Crippen molar-refractivity contribution in [1.82, 2.24) is 5.32 Å². The Labute approximate surface area is 127 Å². The van der Waals surface area contributed by atoms with E-state index in [0.717, 1.165) is 4.90 Å². The van der Waals surface area contributed by atoms with E-state index < -0.39 is 17.4 Å². The quantitative estimate of drug-likeness (QED) is 0.880. The molecule has 0 aliphatic carbocycles. The summed E-state index contributed by atoms with van der Waals surface area (Å²) >= 11 is 1.54. The summed E-state index contributed by atoms with van der Waals surface area (Å²) in [7, 11) is 0. The number of hydrogen-bond acceptors (Lipinski definition) is 4. The molecule has 0 radical (unpaired) electrons. The van der Waals surface area contributed by atoms with Gasteiger partial charge in [0.05, 0.1) is 24.5 Å². The number of fused-ring (bicyclic) bond motifs is 1. The monoisotopic (exact) mass is 307 g/mol. The van der Waals surface area contributed by atoms with Gasteiger partial charge in [0.25, 0.3) is 0 Å². The summed E-state index contributed by atoms with van der Waals surface area (Å²) < 4.78 is 5.26. The van der Waals surface area contributed by atoms with Crippen molar-refractivity contribution in [2.24, 2.45) is 5.41 Å². The highest BCUT2D eigenvalue weighted by molar-refractivity contribution is 8.01. The smallest absolute Gasteiger partial charge is 0.313 e. The van der Waals surface area contributed by atoms with Crippen LogP contribution in [0.3, 0.4) is 0 Å². The molecule has 0 bridgehead atoms. The lowest BCUT2D eigenvalue weighted by atomic mass is 9.85. The molecule has 6 heteroatoms. The molecule has 3 atom stereocenters. The zero-order chi connectivity index (χ0) is 15.0. The van der Waals surface area contributed by atoms with Crippen LogP contribution in [0.4, 0.5) is 0 Å². The van der Waals surface area contributed by atoms with Crippen molar-refractivity contribution >= 4 is 23.6 Å². The molecule has 2 aliphatic rings. The Bertz CT molecular complexity index is 566. The van der Waals surface area contributed by atoms with Crippen molar-refractivity contribution in [1.29, 1.82) is 0 Å². The number of thioether (sulfide) groups is 1. The summed E-state index contributed by atoms with van der Waals surface area (Å²) in [5.74, 6) is -1.05. The van der Waals surface area contributed by atoms with Crippen molar-refractivity contribution in [2.75, 3.05) is 13.2 Å². The lowest BCUT2D eigenvalue weighted by Gasteiger charge is -2.26. The standard InChI is InChI=1S/C15H17NO4S/c1-15(14(18)19)8-20-7-12(15)16-13(17)11-6-9-4-2-3-5-10(9)21-11/h2-5,11-12H,6-8H2,1H3,(H,16,17)(H,18,19). The molecule has 0 spiro atoms. The van der Waals surface area contributed by atoms with Gasteiger partial charge in [0.1, 0.15) is 5.41 Å². The van der Waals surface area contributed by atoms with Crippen LogP contribution in [0.1, 0.15) is 12.5 Å². The molecular formula is C15H17NO4S. The number of benzene rings is 1. The highest BCUT2D eigenvalue weighted by Gasteiger charge is 2.48. The van der Waals surface area contributed by atoms with Crippen LogP contribution in [-0.2, 0) is 20.7 Å². The zero-order valence-corrected chi connectivity index (χ0v) is 12.5. The van der Waals surface area contributed by atoms with Crippen molar-refractivity contribution in [3.05, 3.63) is 29.8 Å². The van der Waals surface area contributed by atoms with Crippen molar-refractivity contribution in [3.8, 4) is 0 Å². The van der Waals surface area contributed by atoms with E-state index in [9.17, 15) is 14.7 Å². The number of aliphatic carboxylic acids is 1. The molecule has 2 heterocycles. The van der Waals surface area contributed by atoms with E-state index in [1.807, 2.05) is 24.3 Å². The van der Waals surface area contributed by atoms with Gasteiger partial charge in [-0.1, -0.05) is 18.2 Å². The summed E-state index contributed by atoms with van der Waals surface area (Å²) in [6.07, 6.45) is 0.685. The third-order valence-corrected chi connectivity index (χ3v) is 5.52. The average molecular weight is 307 g/mol. The summed E-state index contributed by atoms with van der Waals surface area (Å²) in [6, 6.07) is 7.47. The molecule has 5 nitrogen and oxygen atoms in total. The number of carboxylic acids is 1. The Hall–Kier alpha value is -1.53. The van der Waals surface area contributed by atoms with Crippen molar-refractivity contribution in [2.45, 2.75) is 29.5 Å². The number of carboxylic acid groups (broad SMARTS) is 1. The molecule has 2 N–H and O–H groups in total.